The van der Waals surface area contributed by atoms with Crippen LogP contribution < -0.4 is 0 Å². The number of hydrogen-bond donors (Lipinski definition) is 0. The van der Waals surface area contributed by atoms with Crippen molar-refractivity contribution in [2.45, 2.75) is 5.92 Å². The van der Waals surface area contributed by atoms with Gasteiger partial charge in [0.1, 0.15) is 11.2 Å². The fourth-order valence-electron chi connectivity index (χ4n) is 8.28. The summed E-state index contributed by atoms with van der Waals surface area (Å²) in [4.78, 5) is 21.0. The molecule has 0 radical (unpaired) electrons. The van der Waals surface area contributed by atoms with Crippen molar-refractivity contribution in [1.29, 1.82) is 0 Å². The van der Waals surface area contributed by atoms with Crippen molar-refractivity contribution in [1.82, 2.24) is 19.9 Å². The maximum Gasteiger partial charge on any atom is 0.165 e. The van der Waals surface area contributed by atoms with E-state index in [9.17, 15) is 0 Å². The largest absolute Gasteiger partial charge is 0.456 e. The molecule has 1 aliphatic rings. The van der Waals surface area contributed by atoms with Crippen molar-refractivity contribution in [3.8, 4) is 67.5 Å². The van der Waals surface area contributed by atoms with Crippen LogP contribution in [0.1, 0.15) is 22.7 Å². The van der Waals surface area contributed by atoms with E-state index in [-0.39, 0.29) is 5.92 Å². The topological polar surface area (TPSA) is 64.7 Å². The third-order valence-electron chi connectivity index (χ3n) is 10.9. The van der Waals surface area contributed by atoms with E-state index < -0.39 is 0 Å². The van der Waals surface area contributed by atoms with Gasteiger partial charge in [0, 0.05) is 39.2 Å². The molecule has 0 saturated carbocycles. The highest BCUT2D eigenvalue weighted by molar-refractivity contribution is 6.07. The van der Waals surface area contributed by atoms with E-state index in [0.717, 1.165) is 72.1 Å². The van der Waals surface area contributed by atoms with Gasteiger partial charge < -0.3 is 4.42 Å². The van der Waals surface area contributed by atoms with Gasteiger partial charge in [0.2, 0.25) is 0 Å². The normalized spacial score (nSPS) is 13.2. The number of pyridine rings is 1. The van der Waals surface area contributed by atoms with E-state index in [4.69, 9.17) is 24.4 Å². The molecule has 10 aromatic rings. The zero-order valence-electron chi connectivity index (χ0n) is 30.2. The molecule has 5 heteroatoms. The third-order valence-corrected chi connectivity index (χ3v) is 10.9. The van der Waals surface area contributed by atoms with Crippen LogP contribution in [0.25, 0.3) is 89.5 Å². The molecule has 3 heterocycles. The van der Waals surface area contributed by atoms with E-state index in [1.165, 1.54) is 16.7 Å². The second-order valence-electron chi connectivity index (χ2n) is 14.2. The monoisotopic (exact) mass is 716 g/mol. The average molecular weight is 717 g/mol. The van der Waals surface area contributed by atoms with Crippen molar-refractivity contribution in [3.05, 3.63) is 205 Å². The van der Waals surface area contributed by atoms with Crippen LogP contribution in [0.2, 0.25) is 0 Å². The van der Waals surface area contributed by atoms with Gasteiger partial charge in [-0.1, -0.05) is 158 Å². The first-order valence-electron chi connectivity index (χ1n) is 18.8. The van der Waals surface area contributed by atoms with E-state index in [1.54, 1.807) is 0 Å². The van der Waals surface area contributed by atoms with Gasteiger partial charge in [0.25, 0.3) is 0 Å². The fraction of sp³-hybridized carbons (Fsp3) is 0.0196. The summed E-state index contributed by atoms with van der Waals surface area (Å²) in [5.41, 5.74) is 14.3. The molecule has 5 nitrogen and oxygen atoms in total. The summed E-state index contributed by atoms with van der Waals surface area (Å²) in [7, 11) is 0. The lowest BCUT2D eigenvalue weighted by molar-refractivity contribution is 0.669. The van der Waals surface area contributed by atoms with E-state index in [1.807, 2.05) is 85.1 Å². The number of rotatable bonds is 6. The van der Waals surface area contributed by atoms with Crippen LogP contribution in [0.15, 0.2) is 193 Å². The first kappa shape index (κ1) is 32.0. The average Bonchev–Trinajstić information content (AvgIpc) is 3.81. The number of furan rings is 1. The molecule has 1 aliphatic carbocycles. The Labute approximate surface area is 323 Å². The summed E-state index contributed by atoms with van der Waals surface area (Å²) in [6, 6.07) is 62.9. The molecular formula is C51H32N4O. The lowest BCUT2D eigenvalue weighted by Crippen LogP contribution is -2.08. The maximum atomic E-state index is 6.41. The first-order valence-corrected chi connectivity index (χ1v) is 18.8. The Kier molecular flexibility index (Phi) is 7.49. The molecule has 56 heavy (non-hydrogen) atoms. The molecule has 0 N–H and O–H groups in total. The van der Waals surface area contributed by atoms with Crippen LogP contribution in [0.3, 0.4) is 0 Å². The number of aromatic nitrogens is 4. The zero-order chi connectivity index (χ0) is 37.0. The lowest BCUT2D eigenvalue weighted by Gasteiger charge is -2.19. The van der Waals surface area contributed by atoms with Crippen molar-refractivity contribution < 1.29 is 4.42 Å². The molecule has 0 amide bonds. The van der Waals surface area contributed by atoms with Crippen LogP contribution in [0, 0.1) is 0 Å². The summed E-state index contributed by atoms with van der Waals surface area (Å²) in [5.74, 6) is 1.59. The van der Waals surface area contributed by atoms with Crippen LogP contribution in [-0.2, 0) is 0 Å². The van der Waals surface area contributed by atoms with Crippen molar-refractivity contribution in [3.63, 3.8) is 0 Å². The Balaban J connectivity index is 1.20. The molecule has 262 valence electrons. The van der Waals surface area contributed by atoms with Crippen molar-refractivity contribution >= 4 is 21.9 Å². The van der Waals surface area contributed by atoms with E-state index in [2.05, 4.69) is 103 Å². The molecule has 1 unspecified atom stereocenters. The highest BCUT2D eigenvalue weighted by atomic mass is 16.3. The van der Waals surface area contributed by atoms with Gasteiger partial charge in [-0.05, 0) is 63.2 Å². The first-order chi connectivity index (χ1) is 27.8. The number of para-hydroxylation sites is 1. The molecule has 0 spiro atoms. The smallest absolute Gasteiger partial charge is 0.165 e. The summed E-state index contributed by atoms with van der Waals surface area (Å²) in [5, 5.41) is 2.18. The fourth-order valence-corrected chi connectivity index (χ4v) is 8.28. The minimum absolute atomic E-state index is 0.190. The number of benzene rings is 7. The zero-order valence-corrected chi connectivity index (χ0v) is 30.2. The number of hydrogen-bond acceptors (Lipinski definition) is 5. The van der Waals surface area contributed by atoms with Crippen molar-refractivity contribution in [2.75, 3.05) is 0 Å². The van der Waals surface area contributed by atoms with E-state index >= 15 is 0 Å². The second kappa shape index (κ2) is 13.1. The minimum Gasteiger partial charge on any atom is -0.456 e. The summed E-state index contributed by atoms with van der Waals surface area (Å²) >= 11 is 0. The molecular weight excluding hydrogens is 685 g/mol. The van der Waals surface area contributed by atoms with Gasteiger partial charge in [0.15, 0.2) is 17.5 Å². The standard InChI is InChI=1S/C51H32N4O/c1-4-16-32(17-5-1)36-22-10-11-23-37(36)35-28-44(51-54-49(33-18-6-2-7-19-33)53-50(55-51)34-20-8-3-9-21-34)48(52-31-35)47-40-26-13-12-24-38(40)41-30-46-42(29-43(41)47)39-25-14-15-27-45(39)56-46/h1-31,47H. The Morgan fingerprint density at radius 2 is 0.911 bits per heavy atom. The van der Waals surface area contributed by atoms with E-state index in [0.29, 0.717) is 17.5 Å². The molecule has 11 rings (SSSR count). The van der Waals surface area contributed by atoms with Gasteiger partial charge in [0.05, 0.1) is 11.6 Å². The second-order valence-corrected chi connectivity index (χ2v) is 14.2. The molecule has 7 aromatic carbocycles. The third kappa shape index (κ3) is 5.32. The Morgan fingerprint density at radius 1 is 0.357 bits per heavy atom. The highest BCUT2D eigenvalue weighted by Gasteiger charge is 2.34. The minimum atomic E-state index is -0.190. The van der Waals surface area contributed by atoms with Crippen LogP contribution in [0.4, 0.5) is 0 Å². The Hall–Kier alpha value is -7.50. The van der Waals surface area contributed by atoms with Gasteiger partial charge in [-0.2, -0.15) is 0 Å². The number of nitrogens with zero attached hydrogens (tertiary/aromatic N) is 4. The summed E-state index contributed by atoms with van der Waals surface area (Å²) < 4.78 is 6.41. The molecule has 1 atom stereocenters. The van der Waals surface area contributed by atoms with Gasteiger partial charge in [-0.3, -0.25) is 4.98 Å². The number of fused-ring (bicyclic) bond motifs is 6. The Bertz CT molecular complexity index is 3030. The molecule has 3 aromatic heterocycles. The molecule has 0 aliphatic heterocycles. The van der Waals surface area contributed by atoms with Crippen LogP contribution in [0.5, 0.6) is 0 Å². The molecule has 0 saturated heterocycles. The van der Waals surface area contributed by atoms with Crippen LogP contribution >= 0.6 is 0 Å². The van der Waals surface area contributed by atoms with Gasteiger partial charge >= 0.3 is 0 Å². The summed E-state index contributed by atoms with van der Waals surface area (Å²) in [6.07, 6.45) is 2.02. The predicted octanol–water partition coefficient (Wildman–Crippen LogP) is 12.7. The van der Waals surface area contributed by atoms with Crippen LogP contribution in [-0.4, -0.2) is 19.9 Å². The quantitative estimate of drug-likeness (QED) is 0.171. The van der Waals surface area contributed by atoms with Crippen molar-refractivity contribution in [2.24, 2.45) is 0 Å². The highest BCUT2D eigenvalue weighted by Crippen LogP contribution is 2.51. The van der Waals surface area contributed by atoms with Gasteiger partial charge in [-0.15, -0.1) is 0 Å². The molecule has 0 fully saturated rings. The SMILES string of the molecule is c1ccc(-c2nc(-c3ccccc3)nc(-c3cc(-c4ccccc4-c4ccccc4)cnc3C3c4ccccc4-c4cc5oc6ccccc6c5cc43)n2)cc1. The summed E-state index contributed by atoms with van der Waals surface area (Å²) in [6.45, 7) is 0. The maximum absolute atomic E-state index is 6.41. The molecule has 0 bridgehead atoms. The Morgan fingerprint density at radius 3 is 1.61 bits per heavy atom. The lowest BCUT2D eigenvalue weighted by atomic mass is 9.87. The van der Waals surface area contributed by atoms with Gasteiger partial charge in [-0.25, -0.2) is 15.0 Å². The predicted molar refractivity (Wildman–Crippen MR) is 225 cm³/mol.